The Kier molecular flexibility index (Phi) is 5.99. The Balaban J connectivity index is 1.26. The molecule has 3 aromatic heterocycles. The molecule has 37 heavy (non-hydrogen) atoms. The van der Waals surface area contributed by atoms with Crippen LogP contribution in [0.15, 0.2) is 70.6 Å². The quantitative estimate of drug-likeness (QED) is 0.344. The molecule has 4 aromatic rings. The van der Waals surface area contributed by atoms with Crippen molar-refractivity contribution in [2.45, 2.75) is 36.2 Å². The second kappa shape index (κ2) is 8.92. The molecule has 0 bridgehead atoms. The van der Waals surface area contributed by atoms with E-state index in [0.717, 1.165) is 24.4 Å². The molecular weight excluding hydrogens is 516 g/mol. The molecule has 0 saturated heterocycles. The van der Waals surface area contributed by atoms with Crippen LogP contribution < -0.4 is 10.0 Å². The summed E-state index contributed by atoms with van der Waals surface area (Å²) in [5.41, 5.74) is -0.797. The maximum absolute atomic E-state index is 13.4. The first kappa shape index (κ1) is 24.8. The summed E-state index contributed by atoms with van der Waals surface area (Å²) in [5, 5.41) is 2.49. The van der Waals surface area contributed by atoms with E-state index in [2.05, 4.69) is 20.0 Å². The molecule has 3 heterocycles. The molecule has 0 aliphatic heterocycles. The fourth-order valence-electron chi connectivity index (χ4n) is 3.74. The third kappa shape index (κ3) is 5.18. The number of benzene rings is 1. The Bertz CT molecular complexity index is 1600. The summed E-state index contributed by atoms with van der Waals surface area (Å²) >= 11 is 0. The Labute approximate surface area is 207 Å². The maximum Gasteiger partial charge on any atom is 0.417 e. The van der Waals surface area contributed by atoms with Gasteiger partial charge in [-0.05, 0) is 54.8 Å². The number of carbonyl (C=O) groups is 1. The van der Waals surface area contributed by atoms with Crippen LogP contribution in [0.2, 0.25) is 0 Å². The van der Waals surface area contributed by atoms with E-state index in [-0.39, 0.29) is 36.0 Å². The van der Waals surface area contributed by atoms with E-state index in [9.17, 15) is 30.8 Å². The number of hydrogen-bond acceptors (Lipinski definition) is 6. The molecular formula is C24H18F4N4O4S. The van der Waals surface area contributed by atoms with Crippen LogP contribution in [0.25, 0.3) is 22.2 Å². The number of furan rings is 1. The molecule has 5 rings (SSSR count). The van der Waals surface area contributed by atoms with Crippen molar-refractivity contribution in [2.24, 2.45) is 0 Å². The Morgan fingerprint density at radius 1 is 1.05 bits per heavy atom. The molecule has 1 amide bonds. The average Bonchev–Trinajstić information content (AvgIpc) is 3.49. The molecule has 1 aromatic carbocycles. The minimum absolute atomic E-state index is 0.00625. The van der Waals surface area contributed by atoms with E-state index in [4.69, 9.17) is 4.42 Å². The lowest BCUT2D eigenvalue weighted by molar-refractivity contribution is -0.137. The summed E-state index contributed by atoms with van der Waals surface area (Å²) in [7, 11) is -4.22. The normalized spacial score (nSPS) is 15.0. The van der Waals surface area contributed by atoms with Crippen molar-refractivity contribution < 1.29 is 35.2 Å². The second-order valence-corrected chi connectivity index (χ2v) is 10.2. The monoisotopic (exact) mass is 534 g/mol. The fraction of sp³-hybridized carbons (Fsp3) is 0.208. The number of carbonyl (C=O) groups excluding carboxylic acids is 1. The number of nitrogens with zero attached hydrogens (tertiary/aromatic N) is 2. The number of pyridine rings is 2. The zero-order chi connectivity index (χ0) is 26.4. The maximum atomic E-state index is 13.4. The van der Waals surface area contributed by atoms with Gasteiger partial charge in [-0.25, -0.2) is 12.8 Å². The molecule has 0 spiro atoms. The van der Waals surface area contributed by atoms with Gasteiger partial charge in [-0.1, -0.05) is 0 Å². The zero-order valence-corrected chi connectivity index (χ0v) is 19.7. The topological polar surface area (TPSA) is 114 Å². The van der Waals surface area contributed by atoms with Crippen molar-refractivity contribution >= 4 is 26.9 Å². The Morgan fingerprint density at radius 2 is 1.84 bits per heavy atom. The summed E-state index contributed by atoms with van der Waals surface area (Å²) in [6.45, 7) is -0.00625. The molecule has 1 saturated carbocycles. The molecule has 2 N–H and O–H groups in total. The summed E-state index contributed by atoms with van der Waals surface area (Å²) in [6.07, 6.45) is -0.354. The molecule has 1 aliphatic rings. The van der Waals surface area contributed by atoms with Crippen molar-refractivity contribution in [3.05, 3.63) is 78.0 Å². The van der Waals surface area contributed by atoms with Gasteiger partial charge in [0.2, 0.25) is 11.0 Å². The average molecular weight is 534 g/mol. The number of rotatable bonds is 7. The first-order chi connectivity index (χ1) is 17.5. The lowest BCUT2D eigenvalue weighted by Gasteiger charge is -2.16. The van der Waals surface area contributed by atoms with E-state index in [1.807, 2.05) is 0 Å². The summed E-state index contributed by atoms with van der Waals surface area (Å²) in [6, 6.07) is 8.52. The Hall–Kier alpha value is -3.84. The lowest BCUT2D eigenvalue weighted by Crippen LogP contribution is -2.48. The molecule has 0 radical (unpaired) electrons. The molecule has 0 atom stereocenters. The van der Waals surface area contributed by atoms with Crippen molar-refractivity contribution in [1.82, 2.24) is 20.0 Å². The van der Waals surface area contributed by atoms with Gasteiger partial charge >= 0.3 is 6.18 Å². The molecule has 192 valence electrons. The van der Waals surface area contributed by atoms with Crippen LogP contribution in [0.5, 0.6) is 0 Å². The van der Waals surface area contributed by atoms with Crippen LogP contribution in [0, 0.1) is 5.82 Å². The van der Waals surface area contributed by atoms with Crippen LogP contribution in [0.3, 0.4) is 0 Å². The predicted octanol–water partition coefficient (Wildman–Crippen LogP) is 4.18. The van der Waals surface area contributed by atoms with Crippen molar-refractivity contribution in [1.29, 1.82) is 0 Å². The van der Waals surface area contributed by atoms with Crippen LogP contribution >= 0.6 is 0 Å². The van der Waals surface area contributed by atoms with Gasteiger partial charge in [-0.15, -0.1) is 0 Å². The number of halogens is 4. The molecule has 0 unspecified atom stereocenters. The highest BCUT2D eigenvalue weighted by Gasteiger charge is 2.53. The zero-order valence-electron chi connectivity index (χ0n) is 18.8. The molecule has 13 heteroatoms. The highest BCUT2D eigenvalue weighted by atomic mass is 32.2. The minimum atomic E-state index is -4.50. The molecule has 1 aliphatic carbocycles. The minimum Gasteiger partial charge on any atom is -0.443 e. The predicted molar refractivity (Wildman–Crippen MR) is 123 cm³/mol. The SMILES string of the molecule is O=C(NCc1cncc(-c2ccc(C(F)(F)F)cn2)c1)C1(NS(=O)(=O)c2cc3cc(F)ccc3o2)CC1. The van der Waals surface area contributed by atoms with Gasteiger partial charge in [0.15, 0.2) is 0 Å². The standard InChI is InChI=1S/C24H18F4N4O4S/c25-18-2-4-20-15(8-18)9-21(36-20)37(34,35)32-23(5-6-23)22(33)31-11-14-7-16(12-29-10-14)19-3-1-17(13-30-19)24(26,27)28/h1-4,7-10,12-13,32H,5-6,11H2,(H,31,33). The number of amides is 1. The number of fused-ring (bicyclic) bond motifs is 1. The summed E-state index contributed by atoms with van der Waals surface area (Å²) in [4.78, 5) is 20.7. The first-order valence-corrected chi connectivity index (χ1v) is 12.4. The molecule has 1 fully saturated rings. The lowest BCUT2D eigenvalue weighted by atomic mass is 10.1. The van der Waals surface area contributed by atoms with E-state index in [1.165, 1.54) is 30.6 Å². The number of hydrogen-bond donors (Lipinski definition) is 2. The number of alkyl halides is 3. The third-order valence-electron chi connectivity index (χ3n) is 5.87. The van der Waals surface area contributed by atoms with Crippen molar-refractivity contribution in [2.75, 3.05) is 0 Å². The Morgan fingerprint density at radius 3 is 2.51 bits per heavy atom. The molecule has 8 nitrogen and oxygen atoms in total. The van der Waals surface area contributed by atoms with Gasteiger partial charge in [0, 0.05) is 42.2 Å². The van der Waals surface area contributed by atoms with Gasteiger partial charge in [0.25, 0.3) is 10.0 Å². The summed E-state index contributed by atoms with van der Waals surface area (Å²) < 4.78 is 85.1. The van der Waals surface area contributed by atoms with E-state index < -0.39 is 44.1 Å². The van der Waals surface area contributed by atoms with Crippen LogP contribution in [-0.2, 0) is 27.5 Å². The summed E-state index contributed by atoms with van der Waals surface area (Å²) in [5.74, 6) is -1.10. The van der Waals surface area contributed by atoms with Gasteiger partial charge in [-0.3, -0.25) is 14.8 Å². The van der Waals surface area contributed by atoms with Crippen LogP contribution in [-0.4, -0.2) is 29.8 Å². The highest BCUT2D eigenvalue weighted by molar-refractivity contribution is 7.89. The van der Waals surface area contributed by atoms with Gasteiger partial charge in [0.1, 0.15) is 16.9 Å². The van der Waals surface area contributed by atoms with E-state index >= 15 is 0 Å². The van der Waals surface area contributed by atoms with Crippen LogP contribution in [0.4, 0.5) is 17.6 Å². The largest absolute Gasteiger partial charge is 0.443 e. The first-order valence-electron chi connectivity index (χ1n) is 10.9. The number of nitrogens with one attached hydrogen (secondary N) is 2. The number of sulfonamides is 1. The van der Waals surface area contributed by atoms with Gasteiger partial charge < -0.3 is 9.73 Å². The highest BCUT2D eigenvalue weighted by Crippen LogP contribution is 2.38. The second-order valence-electron chi connectivity index (χ2n) is 8.63. The van der Waals surface area contributed by atoms with Gasteiger partial charge in [-0.2, -0.15) is 17.9 Å². The van der Waals surface area contributed by atoms with Gasteiger partial charge in [0.05, 0.1) is 11.3 Å². The fourth-order valence-corrected chi connectivity index (χ4v) is 5.13. The number of aromatic nitrogens is 2. The van der Waals surface area contributed by atoms with Crippen LogP contribution in [0.1, 0.15) is 24.0 Å². The van der Waals surface area contributed by atoms with Crippen molar-refractivity contribution in [3.8, 4) is 11.3 Å². The van der Waals surface area contributed by atoms with E-state index in [0.29, 0.717) is 11.1 Å². The third-order valence-corrected chi connectivity index (χ3v) is 7.26. The van der Waals surface area contributed by atoms with Crippen molar-refractivity contribution in [3.63, 3.8) is 0 Å². The smallest absolute Gasteiger partial charge is 0.417 e. The van der Waals surface area contributed by atoms with E-state index in [1.54, 1.807) is 6.07 Å².